The molecular formula is C15H13F2NO2. The summed E-state index contributed by atoms with van der Waals surface area (Å²) in [7, 11) is 0. The maximum absolute atomic E-state index is 13.9. The van der Waals surface area contributed by atoms with Crippen molar-refractivity contribution >= 4 is 0 Å². The second-order valence-electron chi connectivity index (χ2n) is 4.84. The maximum Gasteiger partial charge on any atom is 0.157 e. The highest BCUT2D eigenvalue weighted by atomic mass is 19.1. The van der Waals surface area contributed by atoms with Crippen LogP contribution in [0.4, 0.5) is 8.78 Å². The van der Waals surface area contributed by atoms with Crippen molar-refractivity contribution < 1.29 is 19.0 Å². The zero-order valence-corrected chi connectivity index (χ0v) is 10.5. The van der Waals surface area contributed by atoms with Gasteiger partial charge in [-0.2, -0.15) is 0 Å². The molecule has 20 heavy (non-hydrogen) atoms. The summed E-state index contributed by atoms with van der Waals surface area (Å²) in [5.41, 5.74) is 1.85. The second-order valence-corrected chi connectivity index (χ2v) is 4.84. The molecule has 2 aromatic carbocycles. The van der Waals surface area contributed by atoms with Crippen LogP contribution in [0.3, 0.4) is 0 Å². The van der Waals surface area contributed by atoms with Crippen LogP contribution in [0.2, 0.25) is 0 Å². The van der Waals surface area contributed by atoms with Crippen LogP contribution in [-0.2, 0) is 6.42 Å². The summed E-state index contributed by atoms with van der Waals surface area (Å²) in [4.78, 5) is 0. The zero-order chi connectivity index (χ0) is 14.3. The lowest BCUT2D eigenvalue weighted by molar-refractivity contribution is 0.400. The number of hydrogen-bond donors (Lipinski definition) is 3. The fourth-order valence-corrected chi connectivity index (χ4v) is 2.60. The standard InChI is InChI=1S/C15H13F2NO2/c16-9-1-2-10(12(17)6-9)15-11-7-14(20)13(19)5-8(11)3-4-18-15/h1-2,5-7,15,18-20H,3-4H2. The Bertz CT molecular complexity index is 673. The second kappa shape index (κ2) is 4.76. The van der Waals surface area contributed by atoms with Gasteiger partial charge in [-0.15, -0.1) is 0 Å². The van der Waals surface area contributed by atoms with Gasteiger partial charge in [0.05, 0.1) is 6.04 Å². The van der Waals surface area contributed by atoms with E-state index >= 15 is 0 Å². The van der Waals surface area contributed by atoms with E-state index in [-0.39, 0.29) is 11.5 Å². The number of halogens is 2. The minimum atomic E-state index is -0.636. The summed E-state index contributed by atoms with van der Waals surface area (Å²) < 4.78 is 26.9. The minimum Gasteiger partial charge on any atom is -0.504 e. The average Bonchev–Trinajstić information content (AvgIpc) is 2.40. The highest BCUT2D eigenvalue weighted by Gasteiger charge is 2.25. The summed E-state index contributed by atoms with van der Waals surface area (Å²) in [6, 6.07) is 5.87. The van der Waals surface area contributed by atoms with Crippen LogP contribution >= 0.6 is 0 Å². The number of phenolic OH excluding ortho intramolecular Hbond substituents is 2. The number of rotatable bonds is 1. The van der Waals surface area contributed by atoms with Gasteiger partial charge in [-0.05, 0) is 35.7 Å². The Morgan fingerprint density at radius 1 is 1.00 bits per heavy atom. The van der Waals surface area contributed by atoms with Gasteiger partial charge >= 0.3 is 0 Å². The summed E-state index contributed by atoms with van der Waals surface area (Å²) in [5.74, 6) is -1.71. The van der Waals surface area contributed by atoms with E-state index in [2.05, 4.69) is 5.32 Å². The lowest BCUT2D eigenvalue weighted by Crippen LogP contribution is -2.31. The summed E-state index contributed by atoms with van der Waals surface area (Å²) in [6.45, 7) is 0.610. The van der Waals surface area contributed by atoms with Crippen LogP contribution in [-0.4, -0.2) is 16.8 Å². The van der Waals surface area contributed by atoms with E-state index in [4.69, 9.17) is 0 Å². The Morgan fingerprint density at radius 2 is 1.75 bits per heavy atom. The molecule has 2 aromatic rings. The predicted octanol–water partition coefficient (Wildman–Crippen LogP) is 2.61. The molecule has 3 rings (SSSR count). The van der Waals surface area contributed by atoms with Gasteiger partial charge in [-0.25, -0.2) is 8.78 Å². The lowest BCUT2D eigenvalue weighted by atomic mass is 9.89. The fraction of sp³-hybridized carbons (Fsp3) is 0.200. The van der Waals surface area contributed by atoms with Crippen molar-refractivity contribution in [2.45, 2.75) is 12.5 Å². The molecule has 0 saturated heterocycles. The summed E-state index contributed by atoms with van der Waals surface area (Å²) >= 11 is 0. The van der Waals surface area contributed by atoms with Crippen molar-refractivity contribution in [1.82, 2.24) is 5.32 Å². The Balaban J connectivity index is 2.11. The van der Waals surface area contributed by atoms with Crippen LogP contribution in [0.15, 0.2) is 30.3 Å². The first-order valence-corrected chi connectivity index (χ1v) is 6.29. The molecule has 1 aliphatic rings. The molecule has 1 unspecified atom stereocenters. The fourth-order valence-electron chi connectivity index (χ4n) is 2.60. The zero-order valence-electron chi connectivity index (χ0n) is 10.5. The number of fused-ring (bicyclic) bond motifs is 1. The number of benzene rings is 2. The van der Waals surface area contributed by atoms with Crippen molar-refractivity contribution in [3.05, 3.63) is 58.7 Å². The van der Waals surface area contributed by atoms with Crippen molar-refractivity contribution in [3.63, 3.8) is 0 Å². The number of nitrogens with one attached hydrogen (secondary N) is 1. The van der Waals surface area contributed by atoms with Crippen LogP contribution in [0.1, 0.15) is 22.7 Å². The van der Waals surface area contributed by atoms with Gasteiger partial charge in [0.1, 0.15) is 11.6 Å². The molecule has 0 aliphatic carbocycles. The first-order chi connectivity index (χ1) is 9.56. The molecule has 3 N–H and O–H groups in total. The Morgan fingerprint density at radius 3 is 2.50 bits per heavy atom. The molecule has 0 fully saturated rings. The largest absolute Gasteiger partial charge is 0.504 e. The van der Waals surface area contributed by atoms with Crippen molar-refractivity contribution in [3.8, 4) is 11.5 Å². The Hall–Kier alpha value is -2.14. The predicted molar refractivity (Wildman–Crippen MR) is 69.7 cm³/mol. The number of phenols is 2. The Labute approximate surface area is 114 Å². The van der Waals surface area contributed by atoms with Gasteiger partial charge in [0.25, 0.3) is 0 Å². The number of hydrogen-bond acceptors (Lipinski definition) is 3. The maximum atomic E-state index is 13.9. The quantitative estimate of drug-likeness (QED) is 0.702. The first-order valence-electron chi connectivity index (χ1n) is 6.29. The van der Waals surface area contributed by atoms with Gasteiger partial charge in [-0.3, -0.25) is 0 Å². The summed E-state index contributed by atoms with van der Waals surface area (Å²) in [5, 5.41) is 22.3. The third kappa shape index (κ3) is 2.10. The third-order valence-corrected chi connectivity index (χ3v) is 3.56. The molecule has 0 amide bonds. The first kappa shape index (κ1) is 12.9. The van der Waals surface area contributed by atoms with Gasteiger partial charge in [0.15, 0.2) is 11.5 Å². The van der Waals surface area contributed by atoms with Gasteiger partial charge in [0.2, 0.25) is 0 Å². The molecular weight excluding hydrogens is 264 g/mol. The third-order valence-electron chi connectivity index (χ3n) is 3.56. The molecule has 0 saturated carbocycles. The van der Waals surface area contributed by atoms with E-state index < -0.39 is 17.7 Å². The molecule has 0 aromatic heterocycles. The van der Waals surface area contributed by atoms with E-state index in [0.717, 1.165) is 11.6 Å². The molecule has 5 heteroatoms. The topological polar surface area (TPSA) is 52.5 Å². The van der Waals surface area contributed by atoms with E-state index in [1.165, 1.54) is 24.3 Å². The molecule has 0 bridgehead atoms. The molecule has 0 radical (unpaired) electrons. The number of aromatic hydroxyl groups is 2. The van der Waals surface area contributed by atoms with Gasteiger partial charge in [-0.1, -0.05) is 6.07 Å². The van der Waals surface area contributed by atoms with Gasteiger partial charge in [0, 0.05) is 18.2 Å². The van der Waals surface area contributed by atoms with Crippen LogP contribution < -0.4 is 5.32 Å². The summed E-state index contributed by atoms with van der Waals surface area (Å²) in [6.07, 6.45) is 0.669. The van der Waals surface area contributed by atoms with Crippen molar-refractivity contribution in [1.29, 1.82) is 0 Å². The van der Waals surface area contributed by atoms with Crippen molar-refractivity contribution in [2.24, 2.45) is 0 Å². The Kier molecular flexibility index (Phi) is 3.06. The SMILES string of the molecule is Oc1cc2c(cc1O)C(c1ccc(F)cc1F)NCC2. The van der Waals surface area contributed by atoms with E-state index in [1.807, 2.05) is 0 Å². The monoisotopic (exact) mass is 277 g/mol. The highest BCUT2D eigenvalue weighted by Crippen LogP contribution is 2.36. The average molecular weight is 277 g/mol. The highest BCUT2D eigenvalue weighted by molar-refractivity contribution is 5.50. The molecule has 104 valence electrons. The van der Waals surface area contributed by atoms with E-state index in [0.29, 0.717) is 24.1 Å². The van der Waals surface area contributed by atoms with Crippen molar-refractivity contribution in [2.75, 3.05) is 6.54 Å². The normalized spacial score (nSPS) is 17.8. The smallest absolute Gasteiger partial charge is 0.157 e. The molecule has 1 atom stereocenters. The molecule has 1 aliphatic heterocycles. The van der Waals surface area contributed by atoms with Crippen LogP contribution in [0, 0.1) is 11.6 Å². The molecule has 1 heterocycles. The lowest BCUT2D eigenvalue weighted by Gasteiger charge is -2.28. The van der Waals surface area contributed by atoms with Crippen LogP contribution in [0.25, 0.3) is 0 Å². The van der Waals surface area contributed by atoms with Crippen LogP contribution in [0.5, 0.6) is 11.5 Å². The van der Waals surface area contributed by atoms with Gasteiger partial charge < -0.3 is 15.5 Å². The van der Waals surface area contributed by atoms with E-state index in [1.54, 1.807) is 0 Å². The minimum absolute atomic E-state index is 0.191. The molecule has 3 nitrogen and oxygen atoms in total. The van der Waals surface area contributed by atoms with E-state index in [9.17, 15) is 19.0 Å². The molecule has 0 spiro atoms.